The molecule has 1 atom stereocenters. The molecule has 0 rings (SSSR count). The van der Waals surface area contributed by atoms with E-state index in [0.29, 0.717) is 0 Å². The second kappa shape index (κ2) is 21.7. The molecule has 0 aliphatic carbocycles. The van der Waals surface area contributed by atoms with Crippen molar-refractivity contribution in [3.63, 3.8) is 0 Å². The number of ether oxygens (including phenoxy) is 2. The van der Waals surface area contributed by atoms with Crippen LogP contribution >= 0.6 is 12.0 Å². The summed E-state index contributed by atoms with van der Waals surface area (Å²) in [5, 5.41) is 13.0. The molecule has 0 saturated heterocycles. The van der Waals surface area contributed by atoms with Crippen LogP contribution in [0.5, 0.6) is 0 Å². The van der Waals surface area contributed by atoms with E-state index in [9.17, 15) is 93.9 Å². The molecule has 0 aromatic rings. The average molecular weight is 855 g/mol. The fourth-order valence-electron chi connectivity index (χ4n) is 3.81. The zero-order valence-electron chi connectivity index (χ0n) is 26.5. The van der Waals surface area contributed by atoms with E-state index >= 15 is 0 Å². The van der Waals surface area contributed by atoms with E-state index < -0.39 is 130 Å². The van der Waals surface area contributed by atoms with Crippen LogP contribution in [-0.4, -0.2) is 78.8 Å². The number of unbranched alkanes of at least 4 members (excludes halogenated alkanes) is 6. The maximum Gasteiger partial charge on any atom is 1.00 e. The topological polar surface area (TPSA) is 94.1 Å². The zero-order chi connectivity index (χ0) is 40.2. The van der Waals surface area contributed by atoms with Gasteiger partial charge >= 0.3 is 111 Å². The summed E-state index contributed by atoms with van der Waals surface area (Å²) in [6, 6.07) is 0. The van der Waals surface area contributed by atoms with E-state index in [2.05, 4.69) is 9.37 Å². The van der Waals surface area contributed by atoms with E-state index in [4.69, 9.17) is 9.47 Å². The molecule has 52 heavy (non-hydrogen) atoms. The molecular formula is C25H29F18KO7S. The Morgan fingerprint density at radius 1 is 0.538 bits per heavy atom. The maximum absolute atomic E-state index is 13.5. The summed E-state index contributed by atoms with van der Waals surface area (Å²) in [5.74, 6) is -43.2. The van der Waals surface area contributed by atoms with Gasteiger partial charge in [0.15, 0.2) is 0 Å². The molecule has 0 heterocycles. The quantitative estimate of drug-likeness (QED) is 0.0217. The summed E-state index contributed by atoms with van der Waals surface area (Å²) in [6.07, 6.45) is -22.1. The molecule has 7 nitrogen and oxygen atoms in total. The minimum Gasteiger partial charge on any atom is -0.691 e. The average Bonchev–Trinajstić information content (AvgIpc) is 2.97. The van der Waals surface area contributed by atoms with Crippen LogP contribution in [-0.2, 0) is 28.4 Å². The molecule has 0 amide bonds. The van der Waals surface area contributed by atoms with Gasteiger partial charge < -0.3 is 14.7 Å². The predicted molar refractivity (Wildman–Crippen MR) is 133 cm³/mol. The van der Waals surface area contributed by atoms with Crippen LogP contribution in [0.15, 0.2) is 0 Å². The van der Waals surface area contributed by atoms with Gasteiger partial charge in [0.25, 0.3) is 0 Å². The van der Waals surface area contributed by atoms with Gasteiger partial charge in [-0.05, 0) is 25.7 Å². The minimum absolute atomic E-state index is 0. The molecule has 0 aliphatic heterocycles. The summed E-state index contributed by atoms with van der Waals surface area (Å²) >= 11 is 0.210. The van der Waals surface area contributed by atoms with Gasteiger partial charge in [0, 0.05) is 30.6 Å². The molecule has 304 valence electrons. The Bertz CT molecular complexity index is 1080. The first-order valence-electron chi connectivity index (χ1n) is 14.3. The maximum atomic E-state index is 13.5. The molecule has 0 spiro atoms. The molecule has 0 aliphatic rings. The van der Waals surface area contributed by atoms with Crippen molar-refractivity contribution < 1.29 is 164 Å². The van der Waals surface area contributed by atoms with Gasteiger partial charge in [0.05, 0.1) is 25.6 Å². The number of esters is 2. The third kappa shape index (κ3) is 14.9. The van der Waals surface area contributed by atoms with Crippen molar-refractivity contribution in [3.8, 4) is 0 Å². The van der Waals surface area contributed by atoms with Crippen LogP contribution in [0.3, 0.4) is 0 Å². The Morgan fingerprint density at radius 2 is 0.904 bits per heavy atom. The standard InChI is InChI=1S/C25H30F18O7S.K/c26-18(27,20(30,31)22(34,35)24(38,39)40)9-5-1-3-7-11-47-16(44)13-15(14-51-50-49-46)17(45)48-12-8-4-2-6-10-19(28,29)21(32,33)23(36,37)25(41,42)43;/h15,46H,1-14H2;/q;+1/p-1. The van der Waals surface area contributed by atoms with Crippen molar-refractivity contribution in [1.29, 1.82) is 0 Å². The molecule has 0 N–H and O–H groups in total. The van der Waals surface area contributed by atoms with E-state index in [1.807, 2.05) is 0 Å². The Balaban J connectivity index is 0. The number of carbonyl (C=O) groups is 2. The van der Waals surface area contributed by atoms with Crippen molar-refractivity contribution in [2.24, 2.45) is 5.92 Å². The van der Waals surface area contributed by atoms with Crippen LogP contribution in [0.2, 0.25) is 0 Å². The van der Waals surface area contributed by atoms with Gasteiger partial charge in [-0.2, -0.15) is 83.4 Å². The fraction of sp³-hybridized carbons (Fsp3) is 0.920. The van der Waals surface area contributed by atoms with Crippen molar-refractivity contribution in [2.75, 3.05) is 19.0 Å². The number of alkyl halides is 18. The number of hydrogen-bond donors (Lipinski definition) is 0. The van der Waals surface area contributed by atoms with E-state index in [1.54, 1.807) is 0 Å². The summed E-state index contributed by atoms with van der Waals surface area (Å²) in [5.41, 5.74) is 0. The Morgan fingerprint density at radius 3 is 1.27 bits per heavy atom. The smallest absolute Gasteiger partial charge is 0.691 e. The van der Waals surface area contributed by atoms with Gasteiger partial charge in [0.1, 0.15) is 0 Å². The normalized spacial score (nSPS) is 14.5. The van der Waals surface area contributed by atoms with Gasteiger partial charge in [0.2, 0.25) is 0 Å². The molecule has 0 fully saturated rings. The van der Waals surface area contributed by atoms with Crippen molar-refractivity contribution >= 4 is 24.0 Å². The Hall–Kier alpha value is -0.454. The number of rotatable bonds is 25. The molecule has 1 unspecified atom stereocenters. The molecular weight excluding hydrogens is 825 g/mol. The Labute approximate surface area is 329 Å². The van der Waals surface area contributed by atoms with E-state index in [0.717, 1.165) is 0 Å². The fourth-order valence-corrected chi connectivity index (χ4v) is 4.32. The third-order valence-electron chi connectivity index (χ3n) is 6.79. The number of halogens is 18. The SMILES string of the molecule is O=C(CC(CSOO[O-])C(=O)OCCCCCCC(F)(F)C(F)(F)C(F)(F)C(F)(F)F)OCCCCCCC(F)(F)C(F)(F)C(F)(F)C(F)(F)F.[K+]. The molecule has 27 heteroatoms. The first kappa shape index (κ1) is 53.6. The summed E-state index contributed by atoms with van der Waals surface area (Å²) in [4.78, 5) is 24.4. The van der Waals surface area contributed by atoms with E-state index in [1.165, 1.54) is 0 Å². The first-order valence-corrected chi connectivity index (χ1v) is 15.2. The van der Waals surface area contributed by atoms with Crippen molar-refractivity contribution in [3.05, 3.63) is 0 Å². The van der Waals surface area contributed by atoms with Crippen LogP contribution in [0, 0.1) is 5.92 Å². The van der Waals surface area contributed by atoms with Crippen molar-refractivity contribution in [1.82, 2.24) is 0 Å². The van der Waals surface area contributed by atoms with E-state index in [-0.39, 0.29) is 89.1 Å². The molecule has 0 bridgehead atoms. The second-order valence-electron chi connectivity index (χ2n) is 10.7. The number of carbonyl (C=O) groups excluding carboxylic acids is 2. The van der Waals surface area contributed by atoms with Crippen LogP contribution in [0.25, 0.3) is 0 Å². The predicted octanol–water partition coefficient (Wildman–Crippen LogP) is 5.79. The van der Waals surface area contributed by atoms with Gasteiger partial charge in [-0.15, -0.1) is 0 Å². The molecule has 0 radical (unpaired) electrons. The second-order valence-corrected chi connectivity index (χ2v) is 11.4. The summed E-state index contributed by atoms with van der Waals surface area (Å²) in [6.45, 7) is -0.989. The summed E-state index contributed by atoms with van der Waals surface area (Å²) < 4.78 is 245. The number of hydrogen-bond acceptors (Lipinski definition) is 8. The van der Waals surface area contributed by atoms with Crippen molar-refractivity contribution in [2.45, 2.75) is 119 Å². The van der Waals surface area contributed by atoms with Gasteiger partial charge in [-0.1, -0.05) is 25.7 Å². The molecule has 0 aromatic heterocycles. The molecule has 0 aromatic carbocycles. The van der Waals surface area contributed by atoms with Crippen LogP contribution < -0.4 is 56.6 Å². The van der Waals surface area contributed by atoms with Crippen LogP contribution in [0.1, 0.15) is 70.6 Å². The van der Waals surface area contributed by atoms with Crippen LogP contribution in [0.4, 0.5) is 79.0 Å². The Kier molecular flexibility index (Phi) is 22.4. The molecule has 0 saturated carbocycles. The minimum atomic E-state index is -7.02. The third-order valence-corrected chi connectivity index (χ3v) is 7.48. The first-order chi connectivity index (χ1) is 22.9. The monoisotopic (exact) mass is 854 g/mol. The largest absolute Gasteiger partial charge is 1.00 e. The summed E-state index contributed by atoms with van der Waals surface area (Å²) in [7, 11) is 0. The van der Waals surface area contributed by atoms with Gasteiger partial charge in [-0.25, -0.2) is 0 Å². The van der Waals surface area contributed by atoms with Gasteiger partial charge in [-0.3, -0.25) is 14.6 Å². The zero-order valence-corrected chi connectivity index (χ0v) is 30.5.